The van der Waals surface area contributed by atoms with E-state index in [0.29, 0.717) is 6.42 Å². The number of aryl methyl sites for hydroxylation is 2. The van der Waals surface area contributed by atoms with Gasteiger partial charge in [0.2, 0.25) is 5.91 Å². The van der Waals surface area contributed by atoms with Gasteiger partial charge < -0.3 is 9.80 Å². The van der Waals surface area contributed by atoms with Crippen LogP contribution < -0.4 is 4.90 Å². The molecule has 0 radical (unpaired) electrons. The van der Waals surface area contributed by atoms with Crippen LogP contribution in [0.25, 0.3) is 11.4 Å². The first-order valence-corrected chi connectivity index (χ1v) is 10.2. The van der Waals surface area contributed by atoms with Crippen molar-refractivity contribution < 1.29 is 4.79 Å². The number of hydrogen-bond acceptors (Lipinski definition) is 4. The Bertz CT molecular complexity index is 948. The fraction of sp³-hybridized carbons (Fsp3) is 0.292. The van der Waals surface area contributed by atoms with Gasteiger partial charge in [-0.3, -0.25) is 4.79 Å². The standard InChI is InChI=1S/C24H26N4O/c1-19-7-9-20(10-8-19)11-12-23(29)28-17-15-27(16-18-28)22-13-14-25-24(26-22)21-5-3-2-4-6-21/h2-10,13-14H,11-12,15-18H2,1H3. The molecule has 148 valence electrons. The topological polar surface area (TPSA) is 49.3 Å². The van der Waals surface area contributed by atoms with Crippen molar-refractivity contribution in [3.05, 3.63) is 78.0 Å². The minimum atomic E-state index is 0.234. The minimum absolute atomic E-state index is 0.234. The molecule has 0 unspecified atom stereocenters. The van der Waals surface area contributed by atoms with E-state index < -0.39 is 0 Å². The second kappa shape index (κ2) is 8.86. The first kappa shape index (κ1) is 19.1. The summed E-state index contributed by atoms with van der Waals surface area (Å²) in [6.45, 7) is 5.13. The second-order valence-corrected chi connectivity index (χ2v) is 7.46. The Morgan fingerprint density at radius 2 is 1.66 bits per heavy atom. The Balaban J connectivity index is 1.32. The molecule has 1 aliphatic heterocycles. The van der Waals surface area contributed by atoms with Crippen LogP contribution >= 0.6 is 0 Å². The minimum Gasteiger partial charge on any atom is -0.353 e. The summed E-state index contributed by atoms with van der Waals surface area (Å²) in [5, 5.41) is 0. The maximum absolute atomic E-state index is 12.6. The third kappa shape index (κ3) is 4.80. The normalized spacial score (nSPS) is 14.1. The van der Waals surface area contributed by atoms with Crippen LogP contribution in [0.3, 0.4) is 0 Å². The van der Waals surface area contributed by atoms with Crippen LogP contribution in [0.2, 0.25) is 0 Å². The van der Waals surface area contributed by atoms with Gasteiger partial charge in [-0.25, -0.2) is 9.97 Å². The summed E-state index contributed by atoms with van der Waals surface area (Å²) in [4.78, 5) is 25.9. The molecular formula is C24H26N4O. The monoisotopic (exact) mass is 386 g/mol. The zero-order chi connectivity index (χ0) is 20.1. The van der Waals surface area contributed by atoms with E-state index >= 15 is 0 Å². The lowest BCUT2D eigenvalue weighted by Crippen LogP contribution is -2.49. The van der Waals surface area contributed by atoms with Gasteiger partial charge in [-0.1, -0.05) is 60.2 Å². The van der Waals surface area contributed by atoms with Crippen molar-refractivity contribution in [1.29, 1.82) is 0 Å². The van der Waals surface area contributed by atoms with Gasteiger partial charge >= 0.3 is 0 Å². The molecule has 5 nitrogen and oxygen atoms in total. The van der Waals surface area contributed by atoms with Crippen molar-refractivity contribution in [2.45, 2.75) is 19.8 Å². The Morgan fingerprint density at radius 1 is 0.931 bits per heavy atom. The highest BCUT2D eigenvalue weighted by Gasteiger charge is 2.22. The van der Waals surface area contributed by atoms with E-state index in [9.17, 15) is 4.79 Å². The van der Waals surface area contributed by atoms with Crippen molar-refractivity contribution in [3.8, 4) is 11.4 Å². The van der Waals surface area contributed by atoms with Gasteiger partial charge in [0.25, 0.3) is 0 Å². The van der Waals surface area contributed by atoms with Gasteiger partial charge in [-0.2, -0.15) is 0 Å². The van der Waals surface area contributed by atoms with Crippen molar-refractivity contribution >= 4 is 11.7 Å². The number of aromatic nitrogens is 2. The predicted octanol–water partition coefficient (Wildman–Crippen LogP) is 3.73. The summed E-state index contributed by atoms with van der Waals surface area (Å²) >= 11 is 0. The largest absolute Gasteiger partial charge is 0.353 e. The van der Waals surface area contributed by atoms with E-state index in [1.54, 1.807) is 0 Å². The average Bonchev–Trinajstić information content (AvgIpc) is 2.79. The zero-order valence-corrected chi connectivity index (χ0v) is 16.8. The number of rotatable bonds is 5. The summed E-state index contributed by atoms with van der Waals surface area (Å²) < 4.78 is 0. The van der Waals surface area contributed by atoms with Gasteiger partial charge in [0.05, 0.1) is 0 Å². The lowest BCUT2D eigenvalue weighted by molar-refractivity contribution is -0.131. The van der Waals surface area contributed by atoms with E-state index in [-0.39, 0.29) is 5.91 Å². The van der Waals surface area contributed by atoms with Gasteiger partial charge in [-0.05, 0) is 25.0 Å². The molecule has 1 fully saturated rings. The molecule has 0 saturated carbocycles. The maximum Gasteiger partial charge on any atom is 0.223 e. The molecule has 0 atom stereocenters. The molecule has 0 N–H and O–H groups in total. The van der Waals surface area contributed by atoms with E-state index in [1.165, 1.54) is 11.1 Å². The Hall–Kier alpha value is -3.21. The van der Waals surface area contributed by atoms with Crippen LogP contribution in [0.4, 0.5) is 5.82 Å². The molecule has 2 aromatic carbocycles. The van der Waals surface area contributed by atoms with Crippen LogP contribution in [0.15, 0.2) is 66.9 Å². The molecule has 1 aliphatic rings. The fourth-order valence-corrected chi connectivity index (χ4v) is 3.60. The highest BCUT2D eigenvalue weighted by molar-refractivity contribution is 5.76. The van der Waals surface area contributed by atoms with Crippen LogP contribution in [0.5, 0.6) is 0 Å². The molecule has 2 heterocycles. The van der Waals surface area contributed by atoms with E-state index in [4.69, 9.17) is 4.98 Å². The third-order valence-electron chi connectivity index (χ3n) is 5.38. The second-order valence-electron chi connectivity index (χ2n) is 7.46. The number of anilines is 1. The smallest absolute Gasteiger partial charge is 0.223 e. The van der Waals surface area contributed by atoms with Gasteiger partial charge in [0, 0.05) is 44.4 Å². The van der Waals surface area contributed by atoms with Crippen molar-refractivity contribution in [1.82, 2.24) is 14.9 Å². The molecule has 1 aromatic heterocycles. The summed E-state index contributed by atoms with van der Waals surface area (Å²) in [6, 6.07) is 20.4. The molecule has 0 bridgehead atoms. The Kier molecular flexibility index (Phi) is 5.84. The van der Waals surface area contributed by atoms with Crippen molar-refractivity contribution in [2.24, 2.45) is 0 Å². The SMILES string of the molecule is Cc1ccc(CCC(=O)N2CCN(c3ccnc(-c4ccccc4)n3)CC2)cc1. The number of piperazine rings is 1. The van der Waals surface area contributed by atoms with Crippen molar-refractivity contribution in [2.75, 3.05) is 31.1 Å². The Labute approximate surface area is 172 Å². The van der Waals surface area contributed by atoms with Gasteiger partial charge in [-0.15, -0.1) is 0 Å². The zero-order valence-electron chi connectivity index (χ0n) is 16.8. The summed E-state index contributed by atoms with van der Waals surface area (Å²) in [7, 11) is 0. The lowest BCUT2D eigenvalue weighted by atomic mass is 10.1. The molecular weight excluding hydrogens is 360 g/mol. The molecule has 3 aromatic rings. The van der Waals surface area contributed by atoms with Crippen LogP contribution in [0.1, 0.15) is 17.5 Å². The quantitative estimate of drug-likeness (QED) is 0.670. The van der Waals surface area contributed by atoms with E-state index in [2.05, 4.69) is 41.1 Å². The lowest BCUT2D eigenvalue weighted by Gasteiger charge is -2.35. The first-order chi connectivity index (χ1) is 14.2. The number of carbonyl (C=O) groups is 1. The number of hydrogen-bond donors (Lipinski definition) is 0. The van der Waals surface area contributed by atoms with E-state index in [0.717, 1.165) is 49.8 Å². The number of carbonyl (C=O) groups excluding carboxylic acids is 1. The highest BCUT2D eigenvalue weighted by atomic mass is 16.2. The molecule has 5 heteroatoms. The predicted molar refractivity (Wildman–Crippen MR) is 116 cm³/mol. The molecule has 29 heavy (non-hydrogen) atoms. The number of benzene rings is 2. The van der Waals surface area contributed by atoms with Crippen LogP contribution in [0, 0.1) is 6.92 Å². The van der Waals surface area contributed by atoms with E-state index in [1.807, 2.05) is 47.5 Å². The molecule has 0 spiro atoms. The molecule has 1 amide bonds. The molecule has 0 aliphatic carbocycles. The fourth-order valence-electron chi connectivity index (χ4n) is 3.60. The van der Waals surface area contributed by atoms with Gasteiger partial charge in [0.1, 0.15) is 5.82 Å². The molecule has 1 saturated heterocycles. The summed E-state index contributed by atoms with van der Waals surface area (Å²) in [6.07, 6.45) is 3.17. The number of amides is 1. The van der Waals surface area contributed by atoms with Crippen LogP contribution in [-0.2, 0) is 11.2 Å². The molecule has 4 rings (SSSR count). The average molecular weight is 386 g/mol. The number of nitrogens with zero attached hydrogens (tertiary/aromatic N) is 4. The van der Waals surface area contributed by atoms with Crippen LogP contribution in [-0.4, -0.2) is 47.0 Å². The maximum atomic E-state index is 12.6. The summed E-state index contributed by atoms with van der Waals surface area (Å²) in [5.41, 5.74) is 3.48. The van der Waals surface area contributed by atoms with Crippen molar-refractivity contribution in [3.63, 3.8) is 0 Å². The first-order valence-electron chi connectivity index (χ1n) is 10.2. The van der Waals surface area contributed by atoms with Gasteiger partial charge in [0.15, 0.2) is 5.82 Å². The summed E-state index contributed by atoms with van der Waals surface area (Å²) in [5.74, 6) is 1.89. The highest BCUT2D eigenvalue weighted by Crippen LogP contribution is 2.19. The third-order valence-corrected chi connectivity index (χ3v) is 5.38. The Morgan fingerprint density at radius 3 is 2.38 bits per heavy atom.